The number of aliphatic carboxylic acids is 1. The Morgan fingerprint density at radius 3 is 2.90 bits per heavy atom. The summed E-state index contributed by atoms with van der Waals surface area (Å²) in [5.41, 5.74) is 1.09. The molecule has 1 saturated heterocycles. The highest BCUT2D eigenvalue weighted by atomic mass is 16.5. The smallest absolute Gasteiger partial charge is 0.322 e. The van der Waals surface area contributed by atoms with Crippen LogP contribution >= 0.6 is 0 Å². The maximum atomic E-state index is 11.1. The van der Waals surface area contributed by atoms with E-state index in [2.05, 4.69) is 10.3 Å². The number of amidine groups is 1. The monoisotopic (exact) mass is 289 g/mol. The first-order chi connectivity index (χ1) is 10.1. The van der Waals surface area contributed by atoms with Crippen LogP contribution in [0.5, 0.6) is 0 Å². The van der Waals surface area contributed by atoms with Crippen molar-refractivity contribution in [3.63, 3.8) is 0 Å². The molecular formula is C15H19N3O3. The van der Waals surface area contributed by atoms with Crippen LogP contribution in [-0.2, 0) is 9.53 Å². The van der Waals surface area contributed by atoms with Gasteiger partial charge in [-0.3, -0.25) is 4.79 Å². The fraction of sp³-hybridized carbons (Fsp3) is 0.467. The van der Waals surface area contributed by atoms with E-state index in [-0.39, 0.29) is 12.1 Å². The lowest BCUT2D eigenvalue weighted by Crippen LogP contribution is -2.55. The van der Waals surface area contributed by atoms with Crippen molar-refractivity contribution in [3.8, 4) is 0 Å². The Bertz CT molecular complexity index is 546. The minimum absolute atomic E-state index is 0.0283. The molecule has 2 aliphatic rings. The van der Waals surface area contributed by atoms with E-state index in [1.165, 1.54) is 0 Å². The molecule has 6 heteroatoms. The molecule has 2 aliphatic heterocycles. The highest BCUT2D eigenvalue weighted by Gasteiger charge is 2.34. The molecule has 1 aromatic rings. The van der Waals surface area contributed by atoms with Crippen LogP contribution < -0.4 is 5.32 Å². The lowest BCUT2D eigenvalue weighted by Gasteiger charge is -2.32. The number of benzene rings is 1. The highest BCUT2D eigenvalue weighted by Crippen LogP contribution is 2.29. The molecule has 112 valence electrons. The number of carbonyl (C=O) groups is 1. The van der Waals surface area contributed by atoms with Crippen molar-refractivity contribution in [1.82, 2.24) is 10.2 Å². The van der Waals surface area contributed by atoms with Gasteiger partial charge in [0, 0.05) is 19.6 Å². The quantitative estimate of drug-likeness (QED) is 0.845. The van der Waals surface area contributed by atoms with E-state index in [9.17, 15) is 4.79 Å². The zero-order valence-corrected chi connectivity index (χ0v) is 11.9. The van der Waals surface area contributed by atoms with Gasteiger partial charge in [-0.15, -0.1) is 0 Å². The number of nitrogens with one attached hydrogen (secondary N) is 1. The number of carboxylic acids is 1. The molecule has 0 radical (unpaired) electrons. The number of hydrogen-bond acceptors (Lipinski definition) is 5. The van der Waals surface area contributed by atoms with Crippen molar-refractivity contribution in [3.05, 3.63) is 35.9 Å². The van der Waals surface area contributed by atoms with Gasteiger partial charge in [-0.1, -0.05) is 30.3 Å². The Balaban J connectivity index is 1.70. The molecular weight excluding hydrogens is 270 g/mol. The minimum Gasteiger partial charge on any atom is -0.480 e. The van der Waals surface area contributed by atoms with Gasteiger partial charge in [-0.25, -0.2) is 4.99 Å². The average molecular weight is 289 g/mol. The third-order valence-electron chi connectivity index (χ3n) is 3.86. The highest BCUT2D eigenvalue weighted by molar-refractivity contribution is 5.79. The molecule has 2 N–H and O–H groups in total. The van der Waals surface area contributed by atoms with E-state index < -0.39 is 12.0 Å². The Kier molecular flexibility index (Phi) is 3.79. The summed E-state index contributed by atoms with van der Waals surface area (Å²) in [7, 11) is 0. The molecule has 0 aromatic heterocycles. The molecule has 0 bridgehead atoms. The molecule has 0 spiro atoms. The zero-order valence-electron chi connectivity index (χ0n) is 11.9. The van der Waals surface area contributed by atoms with Crippen LogP contribution in [0.15, 0.2) is 35.3 Å². The topological polar surface area (TPSA) is 74.2 Å². The molecule has 1 fully saturated rings. The number of rotatable bonds is 2. The van der Waals surface area contributed by atoms with Crippen molar-refractivity contribution in [2.75, 3.05) is 19.6 Å². The van der Waals surface area contributed by atoms with E-state index in [0.29, 0.717) is 25.7 Å². The number of carboxylic acid groups (broad SMARTS) is 1. The molecule has 0 aliphatic carbocycles. The van der Waals surface area contributed by atoms with E-state index in [0.717, 1.165) is 5.56 Å². The molecule has 3 rings (SSSR count). The van der Waals surface area contributed by atoms with Gasteiger partial charge in [0.2, 0.25) is 0 Å². The zero-order chi connectivity index (χ0) is 14.8. The summed E-state index contributed by atoms with van der Waals surface area (Å²) in [6.07, 6.45) is -0.0978. The van der Waals surface area contributed by atoms with Crippen molar-refractivity contribution < 1.29 is 14.6 Å². The van der Waals surface area contributed by atoms with Gasteiger partial charge in [0.25, 0.3) is 6.02 Å². The van der Waals surface area contributed by atoms with E-state index in [1.54, 1.807) is 0 Å². The van der Waals surface area contributed by atoms with Crippen LogP contribution in [0.1, 0.15) is 18.6 Å². The molecule has 0 saturated carbocycles. The van der Waals surface area contributed by atoms with Crippen molar-refractivity contribution in [2.45, 2.75) is 25.1 Å². The second-order valence-corrected chi connectivity index (χ2v) is 5.39. The third-order valence-corrected chi connectivity index (χ3v) is 3.86. The number of aliphatic imine (C=N–C) groups is 1. The van der Waals surface area contributed by atoms with Crippen LogP contribution in [0, 0.1) is 0 Å². The normalized spacial score (nSPS) is 28.9. The number of hydrogen-bond donors (Lipinski definition) is 2. The standard InChI is InChI=1S/C15H19N3O3/c1-10-13(11-5-3-2-4-6-11)21-15(17-10)18-8-7-16-12(9-18)14(19)20/h2-6,10,12-13,16H,7-9H2,1H3,(H,19,20)/t10-,12-,13+/m0/s1. The average Bonchev–Trinajstić information content (AvgIpc) is 2.90. The molecule has 6 nitrogen and oxygen atoms in total. The molecule has 2 heterocycles. The van der Waals surface area contributed by atoms with E-state index in [1.807, 2.05) is 42.2 Å². The lowest BCUT2D eigenvalue weighted by atomic mass is 10.0. The Morgan fingerprint density at radius 1 is 1.43 bits per heavy atom. The number of ether oxygens (including phenoxy) is 1. The fourth-order valence-electron chi connectivity index (χ4n) is 2.72. The third kappa shape index (κ3) is 2.85. The lowest BCUT2D eigenvalue weighted by molar-refractivity contribution is -0.140. The summed E-state index contributed by atoms with van der Waals surface area (Å²) < 4.78 is 5.98. The Morgan fingerprint density at radius 2 is 2.19 bits per heavy atom. The summed E-state index contributed by atoms with van der Waals surface area (Å²) in [6, 6.07) is 10.00. The van der Waals surface area contributed by atoms with Crippen LogP contribution in [-0.4, -0.2) is 53.7 Å². The predicted molar refractivity (Wildman–Crippen MR) is 78.2 cm³/mol. The van der Waals surface area contributed by atoms with Crippen LogP contribution in [0.3, 0.4) is 0 Å². The van der Waals surface area contributed by atoms with Crippen LogP contribution in [0.4, 0.5) is 0 Å². The Labute approximate surface area is 123 Å². The summed E-state index contributed by atoms with van der Waals surface area (Å²) in [5, 5.41) is 12.1. The summed E-state index contributed by atoms with van der Waals surface area (Å²) >= 11 is 0. The van der Waals surface area contributed by atoms with Gasteiger partial charge in [-0.05, 0) is 12.5 Å². The van der Waals surface area contributed by atoms with Crippen molar-refractivity contribution in [1.29, 1.82) is 0 Å². The fourth-order valence-corrected chi connectivity index (χ4v) is 2.72. The number of piperazine rings is 1. The molecule has 1 aromatic carbocycles. The minimum atomic E-state index is -0.842. The van der Waals surface area contributed by atoms with E-state index in [4.69, 9.17) is 9.84 Å². The second-order valence-electron chi connectivity index (χ2n) is 5.39. The predicted octanol–water partition coefficient (Wildman–Crippen LogP) is 0.861. The first kappa shape index (κ1) is 13.9. The first-order valence-electron chi connectivity index (χ1n) is 7.15. The maximum Gasteiger partial charge on any atom is 0.322 e. The summed E-state index contributed by atoms with van der Waals surface area (Å²) in [5.74, 6) is -0.842. The molecule has 21 heavy (non-hydrogen) atoms. The van der Waals surface area contributed by atoms with Crippen LogP contribution in [0.2, 0.25) is 0 Å². The van der Waals surface area contributed by atoms with Gasteiger partial charge >= 0.3 is 5.97 Å². The van der Waals surface area contributed by atoms with E-state index >= 15 is 0 Å². The van der Waals surface area contributed by atoms with Gasteiger partial charge in [-0.2, -0.15) is 0 Å². The SMILES string of the molecule is C[C@@H]1N=C(N2CCN[C@H](C(=O)O)C2)O[C@H]1c1ccccc1. The second kappa shape index (κ2) is 5.73. The summed E-state index contributed by atoms with van der Waals surface area (Å²) in [6.45, 7) is 3.71. The van der Waals surface area contributed by atoms with Crippen molar-refractivity contribution >= 4 is 12.0 Å². The van der Waals surface area contributed by atoms with Crippen LogP contribution in [0.25, 0.3) is 0 Å². The van der Waals surface area contributed by atoms with Crippen molar-refractivity contribution in [2.24, 2.45) is 4.99 Å². The summed E-state index contributed by atoms with van der Waals surface area (Å²) in [4.78, 5) is 17.6. The molecule has 0 unspecified atom stereocenters. The Hall–Kier alpha value is -2.08. The number of nitrogens with zero attached hydrogens (tertiary/aromatic N) is 2. The maximum absolute atomic E-state index is 11.1. The first-order valence-corrected chi connectivity index (χ1v) is 7.15. The van der Waals surface area contributed by atoms with Gasteiger partial charge in [0.05, 0.1) is 6.04 Å². The molecule has 0 amide bonds. The largest absolute Gasteiger partial charge is 0.480 e. The van der Waals surface area contributed by atoms with Gasteiger partial charge in [0.15, 0.2) is 0 Å². The molecule has 3 atom stereocenters. The van der Waals surface area contributed by atoms with Gasteiger partial charge < -0.3 is 20.1 Å². The van der Waals surface area contributed by atoms with Gasteiger partial charge in [0.1, 0.15) is 12.1 Å².